The fraction of sp³-hybridized carbons (Fsp3) is 0.478. The van der Waals surface area contributed by atoms with Crippen LogP contribution in [0.5, 0.6) is 0 Å². The van der Waals surface area contributed by atoms with E-state index in [2.05, 4.69) is 4.90 Å². The van der Waals surface area contributed by atoms with Crippen molar-refractivity contribution >= 4 is 12.1 Å². The highest BCUT2D eigenvalue weighted by Gasteiger charge is 2.68. The van der Waals surface area contributed by atoms with Crippen molar-refractivity contribution in [3.8, 4) is 0 Å². The predicted octanol–water partition coefficient (Wildman–Crippen LogP) is 3.68. The minimum Gasteiger partial charge on any atom is -0.465 e. The second-order valence-corrected chi connectivity index (χ2v) is 8.85. The molecule has 2 unspecified atom stereocenters. The number of carbonyl (C=O) groups excluding carboxylic acids is 2. The summed E-state index contributed by atoms with van der Waals surface area (Å²) in [6.07, 6.45) is 6.18. The van der Waals surface area contributed by atoms with Gasteiger partial charge in [-0.15, -0.1) is 0 Å². The van der Waals surface area contributed by atoms with E-state index in [1.807, 2.05) is 0 Å². The van der Waals surface area contributed by atoms with Crippen molar-refractivity contribution in [3.05, 3.63) is 59.1 Å². The maximum Gasteiger partial charge on any atom is 0.524 e. The third-order valence-electron chi connectivity index (χ3n) is 7.16. The molecule has 1 aromatic rings. The Morgan fingerprint density at radius 1 is 1.32 bits per heavy atom. The van der Waals surface area contributed by atoms with E-state index in [0.29, 0.717) is 12.1 Å². The van der Waals surface area contributed by atoms with Gasteiger partial charge in [0.1, 0.15) is 18.4 Å². The lowest BCUT2D eigenvalue weighted by atomic mass is 9.80. The number of halogens is 2. The van der Waals surface area contributed by atoms with E-state index in [1.165, 1.54) is 19.2 Å². The zero-order valence-corrected chi connectivity index (χ0v) is 17.4. The van der Waals surface area contributed by atoms with Crippen LogP contribution in [0.4, 0.5) is 13.6 Å². The fourth-order valence-electron chi connectivity index (χ4n) is 5.73. The number of allylic oxidation sites excluding steroid dienone is 2. The first-order valence-corrected chi connectivity index (χ1v) is 10.6. The number of hydrogen-bond donors (Lipinski definition) is 0. The zero-order chi connectivity index (χ0) is 21.8. The largest absolute Gasteiger partial charge is 0.524 e. The molecule has 6 nitrogen and oxygen atoms in total. The summed E-state index contributed by atoms with van der Waals surface area (Å²) in [5, 5.41) is 0. The van der Waals surface area contributed by atoms with Crippen molar-refractivity contribution < 1.29 is 32.3 Å². The van der Waals surface area contributed by atoms with Gasteiger partial charge >= 0.3 is 17.9 Å². The van der Waals surface area contributed by atoms with Crippen LogP contribution in [0.15, 0.2) is 42.1 Å². The molecule has 1 aromatic carbocycles. The molecule has 0 spiro atoms. The van der Waals surface area contributed by atoms with Crippen molar-refractivity contribution in [1.29, 1.82) is 0 Å². The Kier molecular flexibility index (Phi) is 4.75. The number of rotatable bonds is 4. The van der Waals surface area contributed by atoms with Gasteiger partial charge < -0.3 is 9.47 Å². The third-order valence-corrected chi connectivity index (χ3v) is 7.16. The van der Waals surface area contributed by atoms with Crippen molar-refractivity contribution in [1.82, 2.24) is 4.90 Å². The number of esters is 1. The third kappa shape index (κ3) is 3.11. The molecule has 8 heteroatoms. The quantitative estimate of drug-likeness (QED) is 0.538. The highest BCUT2D eigenvalue weighted by atomic mass is 19.2. The van der Waals surface area contributed by atoms with Crippen LogP contribution in [0, 0.1) is 11.7 Å². The number of benzene rings is 1. The highest BCUT2D eigenvalue weighted by molar-refractivity contribution is 5.89. The molecule has 164 valence electrons. The number of quaternary nitrogens is 1. The molecular formula is C23H25F2N2O4+. The predicted molar refractivity (Wildman–Crippen MR) is 107 cm³/mol. The molecule has 0 saturated carbocycles. The lowest BCUT2D eigenvalue weighted by Crippen LogP contribution is -2.66. The first-order chi connectivity index (χ1) is 14.9. The molecule has 0 radical (unpaired) electrons. The summed E-state index contributed by atoms with van der Waals surface area (Å²) in [4.78, 5) is 27.7. The van der Waals surface area contributed by atoms with Gasteiger partial charge in [0.2, 0.25) is 0 Å². The lowest BCUT2D eigenvalue weighted by molar-refractivity contribution is -0.857. The van der Waals surface area contributed by atoms with Gasteiger partial charge in [0.25, 0.3) is 0 Å². The number of ether oxygens (including phenoxy) is 2. The van der Waals surface area contributed by atoms with Crippen molar-refractivity contribution in [2.24, 2.45) is 5.92 Å². The first-order valence-electron chi connectivity index (χ1n) is 10.6. The fourth-order valence-corrected chi connectivity index (χ4v) is 5.73. The summed E-state index contributed by atoms with van der Waals surface area (Å²) in [6, 6.07) is 3.70. The maximum absolute atomic E-state index is 15.8. The molecule has 1 aliphatic carbocycles. The highest BCUT2D eigenvalue weighted by Crippen LogP contribution is 2.51. The number of carbonyl (C=O) groups is 2. The Labute approximate surface area is 179 Å². The Bertz CT molecular complexity index is 1000. The SMILES string of the molecule is COC(=O)c1cc(F)cc(C[N+]2([C@H]3CN4CCC3CC4)C(=O)OC3(F)CC=CC=C32)c1. The van der Waals surface area contributed by atoms with Crippen molar-refractivity contribution in [3.63, 3.8) is 0 Å². The number of hydrogen-bond acceptors (Lipinski definition) is 5. The Hall–Kier alpha value is -2.58. The Morgan fingerprint density at radius 3 is 2.77 bits per heavy atom. The smallest absolute Gasteiger partial charge is 0.465 e. The molecule has 3 atom stereocenters. The van der Waals surface area contributed by atoms with Gasteiger partial charge in [-0.05, 0) is 44.1 Å². The summed E-state index contributed by atoms with van der Waals surface area (Å²) < 4.78 is 40.0. The van der Waals surface area contributed by atoms with Gasteiger partial charge in [-0.2, -0.15) is 13.7 Å². The Balaban J connectivity index is 1.63. The summed E-state index contributed by atoms with van der Waals surface area (Å²) in [7, 11) is 1.22. The Morgan fingerprint density at radius 2 is 2.10 bits per heavy atom. The van der Waals surface area contributed by atoms with Gasteiger partial charge in [-0.1, -0.05) is 12.2 Å². The van der Waals surface area contributed by atoms with Crippen LogP contribution < -0.4 is 0 Å². The average Bonchev–Trinajstić information content (AvgIpc) is 3.00. The van der Waals surface area contributed by atoms with E-state index in [9.17, 15) is 14.0 Å². The second kappa shape index (κ2) is 7.24. The van der Waals surface area contributed by atoms with E-state index in [-0.39, 0.29) is 40.7 Å². The van der Waals surface area contributed by atoms with Crippen LogP contribution in [0.3, 0.4) is 0 Å². The van der Waals surface area contributed by atoms with Crippen LogP contribution in [-0.2, 0) is 16.0 Å². The number of piperidine rings is 3. The molecule has 4 heterocycles. The molecule has 5 aliphatic rings. The topological polar surface area (TPSA) is 55.8 Å². The normalized spacial score (nSPS) is 36.0. The lowest BCUT2D eigenvalue weighted by Gasteiger charge is -2.50. The molecule has 2 bridgehead atoms. The summed E-state index contributed by atoms with van der Waals surface area (Å²) in [6.45, 7) is 2.59. The van der Waals surface area contributed by atoms with E-state index >= 15 is 4.39 Å². The molecule has 0 aromatic heterocycles. The number of fused-ring (bicyclic) bond motifs is 4. The molecule has 0 N–H and O–H groups in total. The van der Waals surface area contributed by atoms with Crippen LogP contribution >= 0.6 is 0 Å². The molecule has 4 aliphatic heterocycles. The number of amides is 1. The van der Waals surface area contributed by atoms with Crippen molar-refractivity contribution in [2.75, 3.05) is 26.7 Å². The standard InChI is InChI=1S/C23H25F2N2O4/c1-30-21(28)17-10-15(11-18(24)12-17)14-27(19-13-26-8-5-16(19)6-9-26)20-4-2-3-7-23(20,25)31-22(27)29/h2-4,10-12,16,19H,5-9,13-14H2,1H3/q+1/t19-,23?,27?/m0/s1. The summed E-state index contributed by atoms with van der Waals surface area (Å²) in [5.74, 6) is -3.24. The number of nitrogens with zero attached hydrogens (tertiary/aromatic N) is 2. The molecule has 6 rings (SSSR count). The molecule has 31 heavy (non-hydrogen) atoms. The first kappa shape index (κ1) is 20.3. The summed E-state index contributed by atoms with van der Waals surface area (Å²) >= 11 is 0. The summed E-state index contributed by atoms with van der Waals surface area (Å²) in [5.41, 5.74) is 0.747. The number of methoxy groups -OCH3 is 1. The molecule has 4 fully saturated rings. The van der Waals surface area contributed by atoms with Gasteiger partial charge in [-0.3, -0.25) is 4.90 Å². The van der Waals surface area contributed by atoms with E-state index in [4.69, 9.17) is 9.47 Å². The van der Waals surface area contributed by atoms with Crippen LogP contribution in [0.25, 0.3) is 0 Å². The van der Waals surface area contributed by atoms with Crippen LogP contribution in [-0.4, -0.2) is 60.1 Å². The molecular weight excluding hydrogens is 406 g/mol. The van der Waals surface area contributed by atoms with Gasteiger partial charge in [-0.25, -0.2) is 9.18 Å². The van der Waals surface area contributed by atoms with Crippen molar-refractivity contribution in [2.45, 2.75) is 37.7 Å². The van der Waals surface area contributed by atoms with E-state index < -0.39 is 23.7 Å². The molecule has 4 saturated heterocycles. The minimum atomic E-state index is -2.20. The van der Waals surface area contributed by atoms with Gasteiger partial charge in [0.05, 0.1) is 19.2 Å². The average molecular weight is 431 g/mol. The zero-order valence-electron chi connectivity index (χ0n) is 17.4. The van der Waals surface area contributed by atoms with Gasteiger partial charge in [0.15, 0.2) is 5.70 Å². The van der Waals surface area contributed by atoms with E-state index in [1.54, 1.807) is 18.2 Å². The van der Waals surface area contributed by atoms with Crippen LogP contribution in [0.1, 0.15) is 35.2 Å². The second-order valence-electron chi connectivity index (χ2n) is 8.85. The minimum absolute atomic E-state index is 0.0148. The molecule has 1 amide bonds. The van der Waals surface area contributed by atoms with Gasteiger partial charge in [0, 0.05) is 24.0 Å². The maximum atomic E-state index is 15.8. The number of alkyl halides is 1. The van der Waals surface area contributed by atoms with E-state index in [0.717, 1.165) is 32.0 Å². The van der Waals surface area contributed by atoms with Crippen LogP contribution in [0.2, 0.25) is 0 Å². The monoisotopic (exact) mass is 431 g/mol.